The molecule has 0 bridgehead atoms. The molecule has 0 amide bonds. The Bertz CT molecular complexity index is 2900. The third-order valence-corrected chi connectivity index (χ3v) is 12.4. The van der Waals surface area contributed by atoms with Crippen molar-refractivity contribution in [2.45, 2.75) is 51.4 Å². The van der Waals surface area contributed by atoms with Crippen molar-refractivity contribution in [3.05, 3.63) is 187 Å². The number of rotatable bonds is 5. The van der Waals surface area contributed by atoms with Crippen LogP contribution in [0.1, 0.15) is 51.7 Å². The molecule has 0 atom stereocenters. The third kappa shape index (κ3) is 5.69. The Kier molecular flexibility index (Phi) is 7.72. The maximum Gasteiger partial charge on any atom is 0.0467 e. The summed E-state index contributed by atoms with van der Waals surface area (Å²) in [5, 5.41) is 10.4. The Labute approximate surface area is 324 Å². The van der Waals surface area contributed by atoms with E-state index in [4.69, 9.17) is 0 Å². The second-order valence-corrected chi connectivity index (χ2v) is 16.9. The molecule has 0 aromatic heterocycles. The zero-order chi connectivity index (χ0) is 37.3. The second kappa shape index (κ2) is 12.7. The molecule has 10 rings (SSSR count). The van der Waals surface area contributed by atoms with Crippen LogP contribution in [0.15, 0.2) is 176 Å². The van der Waals surface area contributed by atoms with E-state index in [0.717, 1.165) is 17.1 Å². The molecule has 0 radical (unpaired) electrons. The fourth-order valence-electron chi connectivity index (χ4n) is 9.25. The molecule has 9 aromatic carbocycles. The number of hydrogen-bond acceptors (Lipinski definition) is 1. The van der Waals surface area contributed by atoms with Crippen molar-refractivity contribution in [1.29, 1.82) is 0 Å². The Balaban J connectivity index is 1.07. The van der Waals surface area contributed by atoms with Crippen LogP contribution in [0, 0.1) is 0 Å². The van der Waals surface area contributed by atoms with E-state index in [0.29, 0.717) is 0 Å². The lowest BCUT2D eigenvalue weighted by Crippen LogP contribution is -2.33. The summed E-state index contributed by atoms with van der Waals surface area (Å²) in [5.41, 5.74) is 11.6. The van der Waals surface area contributed by atoms with Gasteiger partial charge in [0.15, 0.2) is 0 Å². The van der Waals surface area contributed by atoms with E-state index in [-0.39, 0.29) is 10.8 Å². The summed E-state index contributed by atoms with van der Waals surface area (Å²) in [6.45, 7) is 9.65. The number of anilines is 3. The predicted octanol–water partition coefficient (Wildman–Crippen LogP) is 15.5. The van der Waals surface area contributed by atoms with Crippen molar-refractivity contribution in [3.8, 4) is 22.3 Å². The van der Waals surface area contributed by atoms with Gasteiger partial charge in [-0.05, 0) is 149 Å². The van der Waals surface area contributed by atoms with Crippen LogP contribution in [0.4, 0.5) is 17.1 Å². The van der Waals surface area contributed by atoms with Gasteiger partial charge in [-0.1, -0.05) is 155 Å². The zero-order valence-electron chi connectivity index (χ0n) is 32.1. The van der Waals surface area contributed by atoms with Crippen LogP contribution < -0.4 is 4.90 Å². The lowest BCUT2D eigenvalue weighted by Gasteiger charge is -2.42. The van der Waals surface area contributed by atoms with E-state index < -0.39 is 0 Å². The van der Waals surface area contributed by atoms with Gasteiger partial charge in [-0.25, -0.2) is 0 Å². The number of fused-ring (bicyclic) bond motifs is 8. The third-order valence-electron chi connectivity index (χ3n) is 12.4. The fraction of sp³-hybridized carbons (Fsp3) is 0.148. The minimum absolute atomic E-state index is 0.175. The molecule has 0 spiro atoms. The highest BCUT2D eigenvalue weighted by Gasteiger charge is 2.37. The highest BCUT2D eigenvalue weighted by Crippen LogP contribution is 2.48. The van der Waals surface area contributed by atoms with Crippen LogP contribution in [0.3, 0.4) is 0 Å². The molecule has 1 aliphatic carbocycles. The maximum absolute atomic E-state index is 2.48. The van der Waals surface area contributed by atoms with Gasteiger partial charge in [0.2, 0.25) is 0 Å². The lowest BCUT2D eigenvalue weighted by atomic mass is 9.63. The first-order valence-corrected chi connectivity index (χ1v) is 19.7. The van der Waals surface area contributed by atoms with Crippen LogP contribution in [-0.2, 0) is 10.8 Å². The molecular weight excluding hydrogens is 663 g/mol. The Hall–Kier alpha value is -6.18. The largest absolute Gasteiger partial charge is 0.310 e. The lowest BCUT2D eigenvalue weighted by molar-refractivity contribution is 0.332. The predicted molar refractivity (Wildman–Crippen MR) is 237 cm³/mol. The summed E-state index contributed by atoms with van der Waals surface area (Å²) in [4.78, 5) is 2.39. The average molecular weight is 708 g/mol. The van der Waals surface area contributed by atoms with Crippen molar-refractivity contribution in [2.24, 2.45) is 0 Å². The number of nitrogens with zero attached hydrogens (tertiary/aromatic N) is 1. The molecular formula is C54H45N. The summed E-state index contributed by atoms with van der Waals surface area (Å²) >= 11 is 0. The standard InChI is InChI=1S/C54H45N/c1-53(2)28-29-54(3,4)52-35-41-30-38(24-25-40(41)34-51(52)53)36-14-12-18-43(31-36)55(42-16-6-5-7-17-42)44-19-13-15-37(32-44)39-26-27-49-47-22-9-8-20-45(47)46-21-10-11-23-48(46)50(49)33-39/h5-27,30-35H,28-29H2,1-4H3. The fourth-order valence-corrected chi connectivity index (χ4v) is 9.25. The molecule has 0 saturated heterocycles. The van der Waals surface area contributed by atoms with E-state index in [2.05, 4.69) is 209 Å². The van der Waals surface area contributed by atoms with E-state index in [1.165, 1.54) is 89.3 Å². The smallest absolute Gasteiger partial charge is 0.0467 e. The normalized spacial score (nSPS) is 14.7. The highest BCUT2D eigenvalue weighted by atomic mass is 15.1. The minimum atomic E-state index is 0.175. The molecule has 1 nitrogen and oxygen atoms in total. The quantitative estimate of drug-likeness (QED) is 0.161. The molecule has 1 heteroatoms. The first-order chi connectivity index (χ1) is 26.7. The Morgan fingerprint density at radius 2 is 0.764 bits per heavy atom. The van der Waals surface area contributed by atoms with E-state index >= 15 is 0 Å². The van der Waals surface area contributed by atoms with Crippen molar-refractivity contribution in [1.82, 2.24) is 0 Å². The molecule has 0 aliphatic heterocycles. The van der Waals surface area contributed by atoms with Crippen molar-refractivity contribution in [2.75, 3.05) is 4.90 Å². The molecule has 266 valence electrons. The zero-order valence-corrected chi connectivity index (χ0v) is 32.1. The summed E-state index contributed by atoms with van der Waals surface area (Å²) in [5.74, 6) is 0. The van der Waals surface area contributed by atoms with Crippen LogP contribution in [0.2, 0.25) is 0 Å². The molecule has 9 aromatic rings. The Morgan fingerprint density at radius 3 is 1.35 bits per heavy atom. The van der Waals surface area contributed by atoms with Crippen molar-refractivity contribution in [3.63, 3.8) is 0 Å². The van der Waals surface area contributed by atoms with E-state index in [1.807, 2.05) is 0 Å². The second-order valence-electron chi connectivity index (χ2n) is 16.9. The summed E-state index contributed by atoms with van der Waals surface area (Å²) in [6.07, 6.45) is 2.44. The van der Waals surface area contributed by atoms with Gasteiger partial charge in [-0.3, -0.25) is 0 Å². The van der Waals surface area contributed by atoms with Gasteiger partial charge in [0.05, 0.1) is 0 Å². The van der Waals surface area contributed by atoms with Gasteiger partial charge in [-0.2, -0.15) is 0 Å². The number of para-hydroxylation sites is 1. The molecule has 1 aliphatic rings. The summed E-state index contributed by atoms with van der Waals surface area (Å²) in [6, 6.07) is 65.3. The van der Waals surface area contributed by atoms with Crippen molar-refractivity contribution >= 4 is 60.2 Å². The first-order valence-electron chi connectivity index (χ1n) is 19.7. The van der Waals surface area contributed by atoms with Gasteiger partial charge in [0, 0.05) is 17.1 Å². The first kappa shape index (κ1) is 33.4. The monoisotopic (exact) mass is 707 g/mol. The Morgan fingerprint density at radius 1 is 0.327 bits per heavy atom. The van der Waals surface area contributed by atoms with Gasteiger partial charge in [-0.15, -0.1) is 0 Å². The summed E-state index contributed by atoms with van der Waals surface area (Å²) in [7, 11) is 0. The minimum Gasteiger partial charge on any atom is -0.310 e. The molecule has 0 saturated carbocycles. The maximum atomic E-state index is 2.48. The molecule has 55 heavy (non-hydrogen) atoms. The SMILES string of the molecule is CC1(C)CCC(C)(C)c2cc3cc(-c4cccc(N(c5ccccc5)c5cccc(-c6ccc7c8ccccc8c8ccccc8c7c6)c5)c4)ccc3cc21. The average Bonchev–Trinajstić information content (AvgIpc) is 3.22. The van der Waals surface area contributed by atoms with Gasteiger partial charge in [0.1, 0.15) is 0 Å². The van der Waals surface area contributed by atoms with E-state index in [1.54, 1.807) is 0 Å². The topological polar surface area (TPSA) is 3.24 Å². The summed E-state index contributed by atoms with van der Waals surface area (Å²) < 4.78 is 0. The van der Waals surface area contributed by atoms with Gasteiger partial charge >= 0.3 is 0 Å². The van der Waals surface area contributed by atoms with Gasteiger partial charge in [0.25, 0.3) is 0 Å². The van der Waals surface area contributed by atoms with Crippen LogP contribution in [0.25, 0.3) is 65.3 Å². The van der Waals surface area contributed by atoms with Crippen LogP contribution in [-0.4, -0.2) is 0 Å². The number of hydrogen-bond donors (Lipinski definition) is 0. The molecule has 0 unspecified atom stereocenters. The van der Waals surface area contributed by atoms with E-state index in [9.17, 15) is 0 Å². The van der Waals surface area contributed by atoms with Crippen LogP contribution in [0.5, 0.6) is 0 Å². The van der Waals surface area contributed by atoms with Gasteiger partial charge < -0.3 is 4.90 Å². The molecule has 0 heterocycles. The molecule has 0 fully saturated rings. The highest BCUT2D eigenvalue weighted by molar-refractivity contribution is 6.25. The van der Waals surface area contributed by atoms with Crippen molar-refractivity contribution < 1.29 is 0 Å². The number of benzene rings is 9. The molecule has 0 N–H and O–H groups in total. The van der Waals surface area contributed by atoms with Crippen LogP contribution >= 0.6 is 0 Å².